The molecular weight excluding hydrogens is 323 g/mol. The Labute approximate surface area is 132 Å². The van der Waals surface area contributed by atoms with Gasteiger partial charge in [0, 0.05) is 0 Å². The predicted molar refractivity (Wildman–Crippen MR) is 88.5 cm³/mol. The van der Waals surface area contributed by atoms with Gasteiger partial charge in [0.15, 0.2) is 0 Å². The average molecular weight is 344 g/mol. The summed E-state index contributed by atoms with van der Waals surface area (Å²) in [6.07, 6.45) is 9.64. The zero-order valence-corrected chi connectivity index (χ0v) is 14.2. The molecule has 2 heterocycles. The third-order valence-corrected chi connectivity index (χ3v) is 5.98. The topological polar surface area (TPSA) is 16.8 Å². The van der Waals surface area contributed by atoms with E-state index in [0.717, 1.165) is 12.1 Å². The first-order valence-electron chi connectivity index (χ1n) is 7.72. The summed E-state index contributed by atoms with van der Waals surface area (Å²) < 4.78 is 4.94. The molecule has 3 heteroatoms. The van der Waals surface area contributed by atoms with Crippen LogP contribution in [-0.4, -0.2) is 19.5 Å². The zero-order valence-electron chi connectivity index (χ0n) is 12.5. The van der Waals surface area contributed by atoms with Crippen LogP contribution in [0.4, 0.5) is 0 Å². The number of rotatable bonds is 6. The van der Waals surface area contributed by atoms with Crippen molar-refractivity contribution in [3.8, 4) is 10.1 Å². The minimum atomic E-state index is 0.351. The normalized spacial score (nSPS) is 11.1. The third kappa shape index (κ3) is 3.61. The summed E-state index contributed by atoms with van der Waals surface area (Å²) in [6, 6.07) is 12.9. The molecule has 0 aliphatic rings. The van der Waals surface area contributed by atoms with Crippen molar-refractivity contribution in [2.45, 2.75) is 39.2 Å². The van der Waals surface area contributed by atoms with E-state index in [0.29, 0.717) is 14.5 Å². The quantitative estimate of drug-likeness (QED) is 0.377. The molecule has 108 valence electrons. The summed E-state index contributed by atoms with van der Waals surface area (Å²) in [6.45, 7) is 3.38. The SMILES string of the molecule is CCCCCC[n+]1ccc(-c2nc3ccccc3[se]2)cc1. The number of aromatic nitrogens is 2. The van der Waals surface area contributed by atoms with Gasteiger partial charge in [0.25, 0.3) is 0 Å². The number of nitrogens with zero attached hydrogens (tertiary/aromatic N) is 2. The molecule has 0 unspecified atom stereocenters. The van der Waals surface area contributed by atoms with E-state index in [1.807, 2.05) is 0 Å². The van der Waals surface area contributed by atoms with Crippen LogP contribution in [0.3, 0.4) is 0 Å². The molecular formula is C18H21N2Se+. The molecule has 3 rings (SSSR count). The fourth-order valence-corrected chi connectivity index (χ4v) is 4.50. The summed E-state index contributed by atoms with van der Waals surface area (Å²) >= 11 is 0.351. The van der Waals surface area contributed by atoms with Gasteiger partial charge >= 0.3 is 132 Å². The van der Waals surface area contributed by atoms with Gasteiger partial charge < -0.3 is 0 Å². The molecule has 2 aromatic heterocycles. The van der Waals surface area contributed by atoms with Crippen LogP contribution in [0, 0.1) is 0 Å². The summed E-state index contributed by atoms with van der Waals surface area (Å²) in [5, 5.41) is 0. The molecule has 0 amide bonds. The summed E-state index contributed by atoms with van der Waals surface area (Å²) in [5.41, 5.74) is 2.43. The van der Waals surface area contributed by atoms with Crippen LogP contribution in [-0.2, 0) is 6.54 Å². The summed E-state index contributed by atoms with van der Waals surface area (Å²) in [5.74, 6) is 0. The first kappa shape index (κ1) is 14.5. The molecule has 3 aromatic rings. The van der Waals surface area contributed by atoms with E-state index in [9.17, 15) is 0 Å². The van der Waals surface area contributed by atoms with Crippen LogP contribution < -0.4 is 4.57 Å². The molecule has 21 heavy (non-hydrogen) atoms. The van der Waals surface area contributed by atoms with Crippen molar-refractivity contribution in [1.29, 1.82) is 0 Å². The van der Waals surface area contributed by atoms with Crippen LogP contribution in [0.5, 0.6) is 0 Å². The van der Waals surface area contributed by atoms with Crippen molar-refractivity contribution in [2.75, 3.05) is 0 Å². The van der Waals surface area contributed by atoms with Gasteiger partial charge in [0.1, 0.15) is 0 Å². The number of hydrogen-bond donors (Lipinski definition) is 0. The zero-order chi connectivity index (χ0) is 14.5. The van der Waals surface area contributed by atoms with E-state index in [1.165, 1.54) is 40.1 Å². The van der Waals surface area contributed by atoms with E-state index in [1.54, 1.807) is 0 Å². The Balaban J connectivity index is 1.71. The molecule has 0 spiro atoms. The van der Waals surface area contributed by atoms with Gasteiger partial charge in [0.2, 0.25) is 0 Å². The Kier molecular flexibility index (Phi) is 4.84. The van der Waals surface area contributed by atoms with E-state index in [2.05, 4.69) is 60.3 Å². The minimum absolute atomic E-state index is 0.351. The second-order valence-electron chi connectivity index (χ2n) is 5.37. The number of unbranched alkanes of at least 4 members (excludes halogenated alkanes) is 3. The van der Waals surface area contributed by atoms with E-state index in [4.69, 9.17) is 4.98 Å². The van der Waals surface area contributed by atoms with Gasteiger partial charge in [-0.15, -0.1) is 0 Å². The van der Waals surface area contributed by atoms with Crippen LogP contribution in [0.25, 0.3) is 19.9 Å². The predicted octanol–water partition coefficient (Wildman–Crippen LogP) is 3.83. The Bertz CT molecular complexity index is 668. The monoisotopic (exact) mass is 345 g/mol. The van der Waals surface area contributed by atoms with Gasteiger partial charge in [-0.05, 0) is 0 Å². The Morgan fingerprint density at radius 1 is 1.00 bits per heavy atom. The maximum atomic E-state index is 4.77. The van der Waals surface area contributed by atoms with Gasteiger partial charge in [-0.1, -0.05) is 0 Å². The number of para-hydroxylation sites is 1. The molecule has 0 N–H and O–H groups in total. The second kappa shape index (κ2) is 7.02. The number of pyridine rings is 1. The standard InChI is InChI=1S/C18H21N2Se/c1-2-3-4-7-12-20-13-10-15(11-14-20)18-19-16-8-5-6-9-17(16)21-18/h5-6,8-11,13-14H,2-4,7,12H2,1H3/q+1. The van der Waals surface area contributed by atoms with Crippen LogP contribution in [0.2, 0.25) is 0 Å². The molecule has 0 bridgehead atoms. The number of hydrogen-bond acceptors (Lipinski definition) is 1. The Hall–Kier alpha value is -1.44. The molecule has 0 atom stereocenters. The molecule has 0 aliphatic carbocycles. The fourth-order valence-electron chi connectivity index (χ4n) is 2.47. The molecule has 0 radical (unpaired) electrons. The number of aryl methyl sites for hydroxylation is 1. The van der Waals surface area contributed by atoms with Crippen LogP contribution in [0.1, 0.15) is 32.6 Å². The number of benzene rings is 1. The Morgan fingerprint density at radius 3 is 2.57 bits per heavy atom. The van der Waals surface area contributed by atoms with Crippen LogP contribution >= 0.6 is 0 Å². The van der Waals surface area contributed by atoms with Crippen LogP contribution in [0.15, 0.2) is 48.8 Å². The average Bonchev–Trinajstić information content (AvgIpc) is 2.96. The van der Waals surface area contributed by atoms with Gasteiger partial charge in [-0.25, -0.2) is 0 Å². The maximum absolute atomic E-state index is 4.77. The first-order valence-corrected chi connectivity index (χ1v) is 9.43. The fraction of sp³-hybridized carbons (Fsp3) is 0.333. The van der Waals surface area contributed by atoms with Gasteiger partial charge in [-0.3, -0.25) is 0 Å². The number of fused-ring (bicyclic) bond motifs is 1. The second-order valence-corrected chi connectivity index (χ2v) is 7.53. The molecule has 0 saturated heterocycles. The van der Waals surface area contributed by atoms with Crippen molar-refractivity contribution >= 4 is 24.3 Å². The van der Waals surface area contributed by atoms with Crippen molar-refractivity contribution in [1.82, 2.24) is 4.98 Å². The molecule has 0 fully saturated rings. The van der Waals surface area contributed by atoms with E-state index < -0.39 is 0 Å². The molecule has 2 nitrogen and oxygen atoms in total. The molecule has 0 aliphatic heterocycles. The first-order chi connectivity index (χ1) is 10.4. The third-order valence-electron chi connectivity index (χ3n) is 3.70. The molecule has 1 aromatic carbocycles. The van der Waals surface area contributed by atoms with Gasteiger partial charge in [0.05, 0.1) is 0 Å². The van der Waals surface area contributed by atoms with Crippen molar-refractivity contribution in [3.05, 3.63) is 48.8 Å². The van der Waals surface area contributed by atoms with Gasteiger partial charge in [-0.2, -0.15) is 0 Å². The van der Waals surface area contributed by atoms with E-state index >= 15 is 0 Å². The van der Waals surface area contributed by atoms with Crippen molar-refractivity contribution < 1.29 is 4.57 Å². The Morgan fingerprint density at radius 2 is 1.81 bits per heavy atom. The summed E-state index contributed by atoms with van der Waals surface area (Å²) in [4.78, 5) is 4.77. The van der Waals surface area contributed by atoms with Crippen molar-refractivity contribution in [2.24, 2.45) is 0 Å². The van der Waals surface area contributed by atoms with E-state index in [-0.39, 0.29) is 0 Å². The summed E-state index contributed by atoms with van der Waals surface area (Å²) in [7, 11) is 0. The van der Waals surface area contributed by atoms with Crippen molar-refractivity contribution in [3.63, 3.8) is 0 Å². The molecule has 0 saturated carbocycles.